The largest absolute Gasteiger partial charge is 0.352 e. The number of hydrogen-bond donors (Lipinski definition) is 2. The Kier molecular flexibility index (Phi) is 7.15. The van der Waals surface area contributed by atoms with Gasteiger partial charge in [-0.25, -0.2) is 9.78 Å². The molecule has 7 heteroatoms. The number of carbonyl (C=O) groups is 2. The highest BCUT2D eigenvalue weighted by Gasteiger charge is 2.26. The van der Waals surface area contributed by atoms with Crippen LogP contribution >= 0.6 is 11.8 Å². The third kappa shape index (κ3) is 5.33. The van der Waals surface area contributed by atoms with Crippen molar-refractivity contribution in [3.63, 3.8) is 0 Å². The Morgan fingerprint density at radius 1 is 1.16 bits per heavy atom. The number of urea groups is 1. The van der Waals surface area contributed by atoms with Gasteiger partial charge in [0.25, 0.3) is 5.91 Å². The summed E-state index contributed by atoms with van der Waals surface area (Å²) in [5.41, 5.74) is 5.60. The monoisotopic (exact) mass is 450 g/mol. The van der Waals surface area contributed by atoms with Crippen LogP contribution in [-0.4, -0.2) is 35.8 Å². The number of pyridine rings is 1. The highest BCUT2D eigenvalue weighted by molar-refractivity contribution is 7.99. The van der Waals surface area contributed by atoms with Crippen molar-refractivity contribution in [2.45, 2.75) is 51.0 Å². The average Bonchev–Trinajstić information content (AvgIpc) is 2.79. The number of nitrogens with one attached hydrogen (secondary N) is 2. The van der Waals surface area contributed by atoms with Crippen LogP contribution < -0.4 is 15.5 Å². The van der Waals surface area contributed by atoms with Crippen molar-refractivity contribution in [2.24, 2.45) is 0 Å². The zero-order chi connectivity index (χ0) is 22.5. The first-order chi connectivity index (χ1) is 15.5. The average molecular weight is 451 g/mol. The van der Waals surface area contributed by atoms with Crippen molar-refractivity contribution in [2.75, 3.05) is 29.1 Å². The third-order valence-electron chi connectivity index (χ3n) is 5.86. The van der Waals surface area contributed by atoms with Crippen molar-refractivity contribution in [1.82, 2.24) is 10.3 Å². The lowest BCUT2D eigenvalue weighted by atomic mass is 9.97. The van der Waals surface area contributed by atoms with E-state index >= 15 is 0 Å². The maximum absolute atomic E-state index is 13.0. The van der Waals surface area contributed by atoms with Gasteiger partial charge in [-0.15, -0.1) is 11.8 Å². The molecule has 2 aromatic rings. The zero-order valence-electron chi connectivity index (χ0n) is 18.7. The lowest BCUT2D eigenvalue weighted by molar-refractivity contribution is 0.0954. The van der Waals surface area contributed by atoms with Crippen molar-refractivity contribution in [1.29, 1.82) is 0 Å². The molecule has 0 bridgehead atoms. The summed E-state index contributed by atoms with van der Waals surface area (Å²) in [6, 6.07) is 8.87. The number of thioether (sulfide) groups is 1. The summed E-state index contributed by atoms with van der Waals surface area (Å²) < 4.78 is 0. The molecule has 2 N–H and O–H groups in total. The Morgan fingerprint density at radius 3 is 2.72 bits per heavy atom. The van der Waals surface area contributed by atoms with E-state index in [0.717, 1.165) is 47.0 Å². The predicted molar refractivity (Wildman–Crippen MR) is 131 cm³/mol. The number of allylic oxidation sites excluding steroid dienone is 1. The topological polar surface area (TPSA) is 74.3 Å². The molecule has 0 saturated heterocycles. The summed E-state index contributed by atoms with van der Waals surface area (Å²) in [7, 11) is 0. The van der Waals surface area contributed by atoms with Crippen LogP contribution in [0.1, 0.15) is 53.7 Å². The van der Waals surface area contributed by atoms with Crippen LogP contribution in [0.5, 0.6) is 0 Å². The van der Waals surface area contributed by atoms with Gasteiger partial charge < -0.3 is 10.6 Å². The van der Waals surface area contributed by atoms with Crippen molar-refractivity contribution in [3.8, 4) is 0 Å². The van der Waals surface area contributed by atoms with Gasteiger partial charge >= 0.3 is 6.03 Å². The highest BCUT2D eigenvalue weighted by atomic mass is 32.2. The van der Waals surface area contributed by atoms with Crippen LogP contribution in [0.4, 0.5) is 16.2 Å². The molecule has 32 heavy (non-hydrogen) atoms. The molecule has 4 rings (SSSR count). The summed E-state index contributed by atoms with van der Waals surface area (Å²) in [5.74, 6) is 0.727. The van der Waals surface area contributed by atoms with Crippen molar-refractivity contribution < 1.29 is 9.59 Å². The standard InChI is InChI=1S/C25H30N4O2S/c1-17-16-18(2)27-24-22(17)29(14-15-32-24)25(31)28-21-10-8-20(9-11-21)23(30)26-13-12-19-6-4-3-5-7-19/h6,8-11,16H,3-5,7,12-15H2,1-2H3,(H,26,30)(H,28,31). The number of carbonyl (C=O) groups excluding carboxylic acids is 2. The number of nitrogens with zero attached hydrogens (tertiary/aromatic N) is 2. The molecule has 1 aromatic carbocycles. The quantitative estimate of drug-likeness (QED) is 0.593. The molecule has 0 atom stereocenters. The summed E-state index contributed by atoms with van der Waals surface area (Å²) in [4.78, 5) is 31.8. The number of benzene rings is 1. The first kappa shape index (κ1) is 22.4. The zero-order valence-corrected chi connectivity index (χ0v) is 19.6. The number of anilines is 2. The normalized spacial score (nSPS) is 15.6. The van der Waals surface area contributed by atoms with Gasteiger partial charge in [0.05, 0.1) is 5.69 Å². The highest BCUT2D eigenvalue weighted by Crippen LogP contribution is 2.36. The Balaban J connectivity index is 1.34. The molecule has 0 spiro atoms. The van der Waals surface area contributed by atoms with Crippen LogP contribution in [0.25, 0.3) is 0 Å². The first-order valence-corrected chi connectivity index (χ1v) is 12.3. The lowest BCUT2D eigenvalue weighted by Crippen LogP contribution is -2.39. The fraction of sp³-hybridized carbons (Fsp3) is 0.400. The summed E-state index contributed by atoms with van der Waals surface area (Å²) in [6.07, 6.45) is 8.07. The fourth-order valence-electron chi connectivity index (χ4n) is 4.24. The van der Waals surface area contributed by atoms with Crippen LogP contribution in [-0.2, 0) is 0 Å². The molecule has 2 heterocycles. The smallest absolute Gasteiger partial charge is 0.326 e. The second-order valence-electron chi connectivity index (χ2n) is 8.36. The van der Waals surface area contributed by atoms with Gasteiger partial charge in [0, 0.05) is 35.8 Å². The van der Waals surface area contributed by atoms with E-state index in [1.54, 1.807) is 40.9 Å². The van der Waals surface area contributed by atoms with Gasteiger partial charge in [-0.1, -0.05) is 11.6 Å². The van der Waals surface area contributed by atoms with Crippen molar-refractivity contribution >= 4 is 35.1 Å². The van der Waals surface area contributed by atoms with E-state index in [2.05, 4.69) is 21.7 Å². The van der Waals surface area contributed by atoms with Crippen molar-refractivity contribution in [3.05, 3.63) is 58.8 Å². The Labute approximate surface area is 193 Å². The molecule has 1 aliphatic heterocycles. The number of amides is 3. The van der Waals surface area contributed by atoms with E-state index in [4.69, 9.17) is 0 Å². The summed E-state index contributed by atoms with van der Waals surface area (Å²) >= 11 is 1.68. The van der Waals surface area contributed by atoms with Crippen LogP contribution in [0, 0.1) is 13.8 Å². The maximum atomic E-state index is 13.0. The SMILES string of the molecule is Cc1cc(C)c2c(n1)SCCN2C(=O)Nc1ccc(C(=O)NCCC2=CCCCC2)cc1. The maximum Gasteiger partial charge on any atom is 0.326 e. The molecule has 1 aromatic heterocycles. The van der Waals surface area contributed by atoms with E-state index < -0.39 is 0 Å². The molecular weight excluding hydrogens is 420 g/mol. The Bertz CT molecular complexity index is 1030. The molecule has 0 fully saturated rings. The van der Waals surface area contributed by atoms with Crippen LogP contribution in [0.3, 0.4) is 0 Å². The van der Waals surface area contributed by atoms with E-state index in [0.29, 0.717) is 24.3 Å². The molecule has 3 amide bonds. The van der Waals surface area contributed by atoms with E-state index in [1.807, 2.05) is 19.9 Å². The predicted octanol–water partition coefficient (Wildman–Crippen LogP) is 5.46. The third-order valence-corrected chi connectivity index (χ3v) is 6.81. The summed E-state index contributed by atoms with van der Waals surface area (Å²) in [5, 5.41) is 6.86. The van der Waals surface area contributed by atoms with E-state index in [-0.39, 0.29) is 11.9 Å². The molecule has 2 aliphatic rings. The Hall–Kier alpha value is -2.80. The molecule has 0 saturated carbocycles. The van der Waals surface area contributed by atoms with Crippen LogP contribution in [0.2, 0.25) is 0 Å². The van der Waals surface area contributed by atoms with E-state index in [1.165, 1.54) is 18.4 Å². The number of aryl methyl sites for hydroxylation is 2. The first-order valence-electron chi connectivity index (χ1n) is 11.3. The molecule has 0 radical (unpaired) electrons. The second-order valence-corrected chi connectivity index (χ2v) is 9.44. The molecule has 168 valence electrons. The number of rotatable bonds is 5. The molecule has 6 nitrogen and oxygen atoms in total. The minimum Gasteiger partial charge on any atom is -0.352 e. The van der Waals surface area contributed by atoms with Gasteiger partial charge in [-0.05, 0) is 81.8 Å². The van der Waals surface area contributed by atoms with Gasteiger partial charge in [-0.3, -0.25) is 9.69 Å². The van der Waals surface area contributed by atoms with E-state index in [9.17, 15) is 9.59 Å². The summed E-state index contributed by atoms with van der Waals surface area (Å²) in [6.45, 7) is 5.27. The number of hydrogen-bond acceptors (Lipinski definition) is 4. The van der Waals surface area contributed by atoms with Gasteiger partial charge in [0.15, 0.2) is 0 Å². The Morgan fingerprint density at radius 2 is 1.97 bits per heavy atom. The minimum absolute atomic E-state index is 0.0849. The fourth-order valence-corrected chi connectivity index (χ4v) is 5.32. The van der Waals surface area contributed by atoms with Gasteiger partial charge in [0.1, 0.15) is 5.03 Å². The second kappa shape index (κ2) is 10.2. The lowest BCUT2D eigenvalue weighted by Gasteiger charge is -2.30. The number of fused-ring (bicyclic) bond motifs is 1. The van der Waals surface area contributed by atoms with Crippen LogP contribution in [0.15, 0.2) is 47.0 Å². The van der Waals surface area contributed by atoms with Gasteiger partial charge in [-0.2, -0.15) is 0 Å². The molecular formula is C25H30N4O2S. The minimum atomic E-state index is -0.182. The molecule has 1 aliphatic carbocycles. The van der Waals surface area contributed by atoms with Gasteiger partial charge in [0.2, 0.25) is 0 Å². The molecule has 0 unspecified atom stereocenters. The number of aromatic nitrogens is 1.